The molecule has 1 rings (SSSR count). The highest BCUT2D eigenvalue weighted by molar-refractivity contribution is 5.38. The van der Waals surface area contributed by atoms with Crippen LogP contribution in [0, 0.1) is 0 Å². The summed E-state index contributed by atoms with van der Waals surface area (Å²) in [5.74, 6) is 0.914. The zero-order valence-corrected chi connectivity index (χ0v) is 13.8. The summed E-state index contributed by atoms with van der Waals surface area (Å²) >= 11 is 0. The van der Waals surface area contributed by atoms with Crippen LogP contribution in [0.1, 0.15) is 44.4 Å². The van der Waals surface area contributed by atoms with Crippen molar-refractivity contribution < 1.29 is 14.2 Å². The van der Waals surface area contributed by atoms with Crippen LogP contribution in [0.15, 0.2) is 18.2 Å². The summed E-state index contributed by atoms with van der Waals surface area (Å²) in [6, 6.07) is 6.67. The molecule has 0 aliphatic carbocycles. The fourth-order valence-corrected chi connectivity index (χ4v) is 2.19. The Kier molecular flexibility index (Phi) is 9.06. The van der Waals surface area contributed by atoms with Crippen LogP contribution >= 0.6 is 0 Å². The maximum atomic E-state index is 5.72. The number of hydrogen-bond acceptors (Lipinski definition) is 4. The smallest absolute Gasteiger partial charge is 0.124 e. The van der Waals surface area contributed by atoms with Gasteiger partial charge in [-0.1, -0.05) is 13.0 Å². The second kappa shape index (κ2) is 10.6. The lowest BCUT2D eigenvalue weighted by atomic mass is 10.0. The highest BCUT2D eigenvalue weighted by Gasteiger charge is 2.09. The van der Waals surface area contributed by atoms with Gasteiger partial charge in [0.05, 0.1) is 13.2 Å². The van der Waals surface area contributed by atoms with Gasteiger partial charge in [0.1, 0.15) is 5.75 Å². The summed E-state index contributed by atoms with van der Waals surface area (Å²) in [4.78, 5) is 0. The zero-order valence-electron chi connectivity index (χ0n) is 13.8. The Hall–Kier alpha value is -1.10. The normalized spacial score (nSPS) is 12.4. The highest BCUT2D eigenvalue weighted by Crippen LogP contribution is 2.24. The summed E-state index contributed by atoms with van der Waals surface area (Å²) in [7, 11) is 1.71. The quantitative estimate of drug-likeness (QED) is 0.636. The first-order valence-electron chi connectivity index (χ1n) is 7.78. The zero-order chi connectivity index (χ0) is 15.5. The molecule has 0 aromatic heterocycles. The van der Waals surface area contributed by atoms with E-state index < -0.39 is 0 Å². The molecule has 21 heavy (non-hydrogen) atoms. The molecule has 0 amide bonds. The minimum absolute atomic E-state index is 0.331. The monoisotopic (exact) mass is 295 g/mol. The molecular weight excluding hydrogens is 266 g/mol. The Morgan fingerprint density at radius 1 is 1.19 bits per heavy atom. The highest BCUT2D eigenvalue weighted by atomic mass is 16.5. The Bertz CT molecular complexity index is 396. The van der Waals surface area contributed by atoms with Gasteiger partial charge in [-0.05, 0) is 44.5 Å². The minimum atomic E-state index is 0.331. The molecule has 4 heteroatoms. The maximum Gasteiger partial charge on any atom is 0.124 e. The summed E-state index contributed by atoms with van der Waals surface area (Å²) in [5.41, 5.74) is 2.37. The Morgan fingerprint density at radius 3 is 2.67 bits per heavy atom. The van der Waals surface area contributed by atoms with Gasteiger partial charge >= 0.3 is 0 Å². The third-order valence-corrected chi connectivity index (χ3v) is 3.29. The standard InChI is InChI=1S/C17H29NO3/c1-5-18-14(3)15-8-9-17(21-6-2)16(12-15)13-20-11-7-10-19-4/h8-9,12,14,18H,5-7,10-11,13H2,1-4H3. The maximum absolute atomic E-state index is 5.72. The lowest BCUT2D eigenvalue weighted by molar-refractivity contribution is 0.0913. The Labute approximate surface area is 128 Å². The van der Waals surface area contributed by atoms with Gasteiger partial charge < -0.3 is 19.5 Å². The molecule has 1 aromatic carbocycles. The predicted octanol–water partition coefficient (Wildman–Crippen LogP) is 3.31. The van der Waals surface area contributed by atoms with Crippen molar-refractivity contribution in [1.82, 2.24) is 5.32 Å². The van der Waals surface area contributed by atoms with E-state index in [-0.39, 0.29) is 0 Å². The van der Waals surface area contributed by atoms with Crippen molar-refractivity contribution in [2.45, 2.75) is 39.8 Å². The van der Waals surface area contributed by atoms with Crippen LogP contribution in [0.3, 0.4) is 0 Å². The molecule has 1 aromatic rings. The molecule has 0 spiro atoms. The molecule has 0 saturated carbocycles. The van der Waals surface area contributed by atoms with Crippen molar-refractivity contribution in [3.63, 3.8) is 0 Å². The van der Waals surface area contributed by atoms with Gasteiger partial charge in [-0.15, -0.1) is 0 Å². The molecule has 0 bridgehead atoms. The molecule has 0 aliphatic rings. The van der Waals surface area contributed by atoms with E-state index in [4.69, 9.17) is 14.2 Å². The van der Waals surface area contributed by atoms with Crippen LogP contribution in [0.5, 0.6) is 5.75 Å². The SMILES string of the molecule is CCNC(C)c1ccc(OCC)c(COCCCOC)c1. The summed E-state index contributed by atoms with van der Waals surface area (Å²) in [5, 5.41) is 3.43. The van der Waals surface area contributed by atoms with E-state index in [1.165, 1.54) is 5.56 Å². The molecule has 4 nitrogen and oxygen atoms in total. The van der Waals surface area contributed by atoms with E-state index in [0.29, 0.717) is 25.9 Å². The topological polar surface area (TPSA) is 39.7 Å². The molecule has 1 atom stereocenters. The third kappa shape index (κ3) is 6.46. The average Bonchev–Trinajstić information content (AvgIpc) is 2.49. The molecular formula is C17H29NO3. The fourth-order valence-electron chi connectivity index (χ4n) is 2.19. The minimum Gasteiger partial charge on any atom is -0.494 e. The van der Waals surface area contributed by atoms with Crippen LogP contribution < -0.4 is 10.1 Å². The van der Waals surface area contributed by atoms with Crippen LogP contribution in [0.25, 0.3) is 0 Å². The molecule has 1 unspecified atom stereocenters. The van der Waals surface area contributed by atoms with E-state index in [1.807, 2.05) is 13.0 Å². The number of hydrogen-bond donors (Lipinski definition) is 1. The van der Waals surface area contributed by atoms with E-state index in [1.54, 1.807) is 7.11 Å². The first-order valence-corrected chi connectivity index (χ1v) is 7.78. The number of rotatable bonds is 11. The van der Waals surface area contributed by atoms with Gasteiger partial charge in [0.15, 0.2) is 0 Å². The van der Waals surface area contributed by atoms with Crippen molar-refractivity contribution in [3.8, 4) is 5.75 Å². The van der Waals surface area contributed by atoms with Crippen molar-refractivity contribution in [2.75, 3.05) is 33.5 Å². The molecule has 1 N–H and O–H groups in total. The van der Waals surface area contributed by atoms with Crippen LogP contribution in [0.4, 0.5) is 0 Å². The number of ether oxygens (including phenoxy) is 3. The van der Waals surface area contributed by atoms with Crippen molar-refractivity contribution in [1.29, 1.82) is 0 Å². The number of nitrogens with one attached hydrogen (secondary N) is 1. The molecule has 0 heterocycles. The number of methoxy groups -OCH3 is 1. The molecule has 0 fully saturated rings. The van der Waals surface area contributed by atoms with Gasteiger partial charge in [-0.25, -0.2) is 0 Å². The van der Waals surface area contributed by atoms with Gasteiger partial charge in [-0.2, -0.15) is 0 Å². The van der Waals surface area contributed by atoms with Gasteiger partial charge in [0.25, 0.3) is 0 Å². The van der Waals surface area contributed by atoms with Gasteiger partial charge in [0.2, 0.25) is 0 Å². The fraction of sp³-hybridized carbons (Fsp3) is 0.647. The van der Waals surface area contributed by atoms with E-state index >= 15 is 0 Å². The van der Waals surface area contributed by atoms with Crippen LogP contribution in [-0.4, -0.2) is 33.5 Å². The molecule has 0 aliphatic heterocycles. The predicted molar refractivity (Wildman–Crippen MR) is 85.9 cm³/mol. The first kappa shape index (κ1) is 18.0. The number of benzene rings is 1. The van der Waals surface area contributed by atoms with E-state index in [9.17, 15) is 0 Å². The molecule has 0 saturated heterocycles. The first-order chi connectivity index (χ1) is 10.2. The Morgan fingerprint density at radius 2 is 2.00 bits per heavy atom. The van der Waals surface area contributed by atoms with Gasteiger partial charge in [0, 0.05) is 31.9 Å². The lowest BCUT2D eigenvalue weighted by Crippen LogP contribution is -2.18. The second-order valence-electron chi connectivity index (χ2n) is 4.98. The van der Waals surface area contributed by atoms with E-state index in [2.05, 4.69) is 31.3 Å². The lowest BCUT2D eigenvalue weighted by Gasteiger charge is -2.17. The van der Waals surface area contributed by atoms with Crippen molar-refractivity contribution in [3.05, 3.63) is 29.3 Å². The summed E-state index contributed by atoms with van der Waals surface area (Å²) in [6.45, 7) is 9.91. The average molecular weight is 295 g/mol. The van der Waals surface area contributed by atoms with Crippen molar-refractivity contribution in [2.24, 2.45) is 0 Å². The van der Waals surface area contributed by atoms with Crippen molar-refractivity contribution >= 4 is 0 Å². The largest absolute Gasteiger partial charge is 0.494 e. The van der Waals surface area contributed by atoms with Gasteiger partial charge in [-0.3, -0.25) is 0 Å². The summed E-state index contributed by atoms with van der Waals surface area (Å²) in [6.07, 6.45) is 0.911. The van der Waals surface area contributed by atoms with E-state index in [0.717, 1.165) is 30.9 Å². The second-order valence-corrected chi connectivity index (χ2v) is 4.98. The van der Waals surface area contributed by atoms with Crippen LogP contribution in [-0.2, 0) is 16.1 Å². The third-order valence-electron chi connectivity index (χ3n) is 3.29. The Balaban J connectivity index is 2.68. The van der Waals surface area contributed by atoms with Crippen LogP contribution in [0.2, 0.25) is 0 Å². The molecule has 120 valence electrons. The summed E-state index contributed by atoms with van der Waals surface area (Å²) < 4.78 is 16.4. The molecule has 0 radical (unpaired) electrons.